The van der Waals surface area contributed by atoms with Crippen LogP contribution in [0.2, 0.25) is 0 Å². The summed E-state index contributed by atoms with van der Waals surface area (Å²) in [5, 5.41) is 9.47. The molecule has 1 atom stereocenters. The summed E-state index contributed by atoms with van der Waals surface area (Å²) < 4.78 is 40.8. The van der Waals surface area contributed by atoms with Crippen molar-refractivity contribution in [3.05, 3.63) is 23.8 Å². The van der Waals surface area contributed by atoms with Gasteiger partial charge in [0.05, 0.1) is 7.11 Å². The van der Waals surface area contributed by atoms with Crippen LogP contribution in [0.15, 0.2) is 18.2 Å². The van der Waals surface area contributed by atoms with Crippen LogP contribution in [0.3, 0.4) is 0 Å². The van der Waals surface area contributed by atoms with Crippen molar-refractivity contribution in [2.75, 3.05) is 7.11 Å². The number of nitrogens with two attached hydrogens (primary N) is 1. The number of halogens is 4. The Bertz CT molecular complexity index is 385. The van der Waals surface area contributed by atoms with Crippen molar-refractivity contribution in [1.82, 2.24) is 0 Å². The molecule has 0 amide bonds. The molecule has 0 spiro atoms. The van der Waals surface area contributed by atoms with Gasteiger partial charge in [0.25, 0.3) is 0 Å². The summed E-state index contributed by atoms with van der Waals surface area (Å²) in [5.74, 6) is 0.129. The number of hydrogen-bond donors (Lipinski definition) is 2. The maximum absolute atomic E-state index is 12.0. The maximum atomic E-state index is 12.0. The van der Waals surface area contributed by atoms with Gasteiger partial charge in [0.15, 0.2) is 11.5 Å². The number of rotatable bonds is 4. The molecule has 0 aliphatic rings. The average molecular weight is 286 g/mol. The second kappa shape index (κ2) is 6.70. The molecule has 0 unspecified atom stereocenters. The SMILES string of the molecule is COc1ccc([C@@H](N)CCC(F)(F)F)cc1O.Cl. The van der Waals surface area contributed by atoms with Crippen LogP contribution < -0.4 is 10.5 Å². The van der Waals surface area contributed by atoms with Crippen LogP contribution in [0.4, 0.5) is 13.2 Å². The van der Waals surface area contributed by atoms with E-state index < -0.39 is 18.6 Å². The number of phenolic OH excluding ortho intramolecular Hbond substituents is 1. The Hall–Kier alpha value is -1.14. The highest BCUT2D eigenvalue weighted by Gasteiger charge is 2.27. The van der Waals surface area contributed by atoms with E-state index in [1.54, 1.807) is 6.07 Å². The molecular formula is C11H15ClF3NO2. The van der Waals surface area contributed by atoms with E-state index in [9.17, 15) is 18.3 Å². The predicted octanol–water partition coefficient (Wildman–Crippen LogP) is 3.16. The first kappa shape index (κ1) is 16.9. The third-order valence-electron chi connectivity index (χ3n) is 2.37. The lowest BCUT2D eigenvalue weighted by Crippen LogP contribution is -2.15. The maximum Gasteiger partial charge on any atom is 0.389 e. The molecule has 1 aromatic carbocycles. The van der Waals surface area contributed by atoms with Gasteiger partial charge in [0.1, 0.15) is 0 Å². The Morgan fingerprint density at radius 1 is 1.39 bits per heavy atom. The van der Waals surface area contributed by atoms with E-state index in [4.69, 9.17) is 10.5 Å². The fourth-order valence-electron chi connectivity index (χ4n) is 1.42. The molecule has 0 saturated carbocycles. The van der Waals surface area contributed by atoms with Gasteiger partial charge in [0.2, 0.25) is 0 Å². The molecule has 7 heteroatoms. The second-order valence-corrected chi connectivity index (χ2v) is 3.69. The first-order chi connectivity index (χ1) is 7.83. The smallest absolute Gasteiger partial charge is 0.389 e. The lowest BCUT2D eigenvalue weighted by atomic mass is 10.0. The Labute approximate surface area is 109 Å². The Balaban J connectivity index is 0.00000289. The zero-order valence-corrected chi connectivity index (χ0v) is 10.5. The molecule has 0 radical (unpaired) electrons. The summed E-state index contributed by atoms with van der Waals surface area (Å²) in [4.78, 5) is 0. The van der Waals surface area contributed by atoms with Gasteiger partial charge < -0.3 is 15.6 Å². The highest BCUT2D eigenvalue weighted by molar-refractivity contribution is 5.85. The summed E-state index contributed by atoms with van der Waals surface area (Å²) in [7, 11) is 1.39. The molecule has 0 heterocycles. The van der Waals surface area contributed by atoms with Gasteiger partial charge in [-0.1, -0.05) is 6.07 Å². The minimum Gasteiger partial charge on any atom is -0.504 e. The number of ether oxygens (including phenoxy) is 1. The average Bonchev–Trinajstić information content (AvgIpc) is 2.24. The molecule has 0 aliphatic heterocycles. The van der Waals surface area contributed by atoms with Crippen molar-refractivity contribution in [3.63, 3.8) is 0 Å². The molecule has 0 aliphatic carbocycles. The molecule has 1 rings (SSSR count). The van der Waals surface area contributed by atoms with E-state index in [0.717, 1.165) is 0 Å². The summed E-state index contributed by atoms with van der Waals surface area (Å²) in [5.41, 5.74) is 6.06. The second-order valence-electron chi connectivity index (χ2n) is 3.69. The van der Waals surface area contributed by atoms with E-state index in [0.29, 0.717) is 5.56 Å². The molecule has 0 aromatic heterocycles. The number of alkyl halides is 3. The molecule has 18 heavy (non-hydrogen) atoms. The molecule has 3 nitrogen and oxygen atoms in total. The van der Waals surface area contributed by atoms with Crippen LogP contribution >= 0.6 is 12.4 Å². The lowest BCUT2D eigenvalue weighted by Gasteiger charge is -2.14. The number of phenols is 1. The molecule has 0 saturated heterocycles. The zero-order chi connectivity index (χ0) is 13.1. The molecule has 0 fully saturated rings. The number of methoxy groups -OCH3 is 1. The van der Waals surface area contributed by atoms with Gasteiger partial charge in [-0.2, -0.15) is 13.2 Å². The van der Waals surface area contributed by atoms with Crippen LogP contribution in [0, 0.1) is 0 Å². The fraction of sp³-hybridized carbons (Fsp3) is 0.455. The van der Waals surface area contributed by atoms with E-state index >= 15 is 0 Å². The van der Waals surface area contributed by atoms with Crippen LogP contribution in [-0.2, 0) is 0 Å². The van der Waals surface area contributed by atoms with Gasteiger partial charge in [-0.05, 0) is 24.1 Å². The third kappa shape index (κ3) is 5.01. The summed E-state index contributed by atoms with van der Waals surface area (Å²) >= 11 is 0. The Morgan fingerprint density at radius 2 is 2.00 bits per heavy atom. The fourth-order valence-corrected chi connectivity index (χ4v) is 1.42. The van der Waals surface area contributed by atoms with Gasteiger partial charge in [0, 0.05) is 12.5 Å². The normalized spacial score (nSPS) is 12.7. The minimum absolute atomic E-state index is 0. The number of hydrogen-bond acceptors (Lipinski definition) is 3. The summed E-state index contributed by atoms with van der Waals surface area (Å²) in [6, 6.07) is 3.57. The van der Waals surface area contributed by atoms with Crippen molar-refractivity contribution in [1.29, 1.82) is 0 Å². The van der Waals surface area contributed by atoms with Crippen LogP contribution in [0.5, 0.6) is 11.5 Å². The minimum atomic E-state index is -4.22. The number of aromatic hydroxyl groups is 1. The van der Waals surface area contributed by atoms with Crippen LogP contribution in [0.25, 0.3) is 0 Å². The van der Waals surface area contributed by atoms with Crippen LogP contribution in [0.1, 0.15) is 24.4 Å². The van der Waals surface area contributed by atoms with Gasteiger partial charge >= 0.3 is 6.18 Å². The molecular weight excluding hydrogens is 271 g/mol. The van der Waals surface area contributed by atoms with Crippen molar-refractivity contribution >= 4 is 12.4 Å². The molecule has 3 N–H and O–H groups in total. The van der Waals surface area contributed by atoms with E-state index in [-0.39, 0.29) is 30.3 Å². The number of benzene rings is 1. The third-order valence-corrected chi connectivity index (χ3v) is 2.37. The van der Waals surface area contributed by atoms with Crippen molar-refractivity contribution in [2.24, 2.45) is 5.73 Å². The Morgan fingerprint density at radius 3 is 2.44 bits per heavy atom. The highest BCUT2D eigenvalue weighted by Crippen LogP contribution is 2.31. The zero-order valence-electron chi connectivity index (χ0n) is 9.70. The lowest BCUT2D eigenvalue weighted by molar-refractivity contribution is -0.136. The monoisotopic (exact) mass is 285 g/mol. The topological polar surface area (TPSA) is 55.5 Å². The largest absolute Gasteiger partial charge is 0.504 e. The first-order valence-electron chi connectivity index (χ1n) is 5.02. The van der Waals surface area contributed by atoms with E-state index in [1.807, 2.05) is 0 Å². The molecule has 104 valence electrons. The van der Waals surface area contributed by atoms with Gasteiger partial charge in [-0.25, -0.2) is 0 Å². The standard InChI is InChI=1S/C11H14F3NO2.ClH/c1-17-10-3-2-7(6-9(10)16)8(15)4-5-11(12,13)14;/h2-3,6,8,16H,4-5,15H2,1H3;1H/t8-;/m0./s1. The molecule has 0 bridgehead atoms. The highest BCUT2D eigenvalue weighted by atomic mass is 35.5. The van der Waals surface area contributed by atoms with Crippen LogP contribution in [-0.4, -0.2) is 18.4 Å². The van der Waals surface area contributed by atoms with Gasteiger partial charge in [-0.3, -0.25) is 0 Å². The Kier molecular flexibility index (Phi) is 6.28. The van der Waals surface area contributed by atoms with Crippen molar-refractivity contribution < 1.29 is 23.0 Å². The van der Waals surface area contributed by atoms with Crippen molar-refractivity contribution in [3.8, 4) is 11.5 Å². The summed E-state index contributed by atoms with van der Waals surface area (Å²) in [6.45, 7) is 0. The summed E-state index contributed by atoms with van der Waals surface area (Å²) in [6.07, 6.45) is -5.37. The van der Waals surface area contributed by atoms with Crippen molar-refractivity contribution in [2.45, 2.75) is 25.1 Å². The molecule has 1 aromatic rings. The predicted molar refractivity (Wildman–Crippen MR) is 64.1 cm³/mol. The first-order valence-corrected chi connectivity index (χ1v) is 5.02. The van der Waals surface area contributed by atoms with E-state index in [1.165, 1.54) is 19.2 Å². The quantitative estimate of drug-likeness (QED) is 0.893. The van der Waals surface area contributed by atoms with Gasteiger partial charge in [-0.15, -0.1) is 12.4 Å². The van der Waals surface area contributed by atoms with E-state index in [2.05, 4.69) is 0 Å².